The topological polar surface area (TPSA) is 81.9 Å². The molecule has 0 aliphatic carbocycles. The number of nitrogens with zero attached hydrogens (tertiary/aromatic N) is 4. The lowest BCUT2D eigenvalue weighted by Gasteiger charge is -2.09. The number of pyridine rings is 2. The maximum Gasteiger partial charge on any atom is 0.258 e. The smallest absolute Gasteiger partial charge is 0.258 e. The average Bonchev–Trinajstić information content (AvgIpc) is 3.11. The zero-order chi connectivity index (χ0) is 22.7. The van der Waals surface area contributed by atoms with E-state index in [0.717, 1.165) is 34.3 Å². The van der Waals surface area contributed by atoms with Crippen LogP contribution in [0.5, 0.6) is 5.88 Å². The number of amides is 1. The third kappa shape index (κ3) is 4.61. The highest BCUT2D eigenvalue weighted by Gasteiger charge is 2.17. The summed E-state index contributed by atoms with van der Waals surface area (Å²) in [5.74, 6) is 0.225. The molecule has 7 heteroatoms. The second kappa shape index (κ2) is 9.18. The summed E-state index contributed by atoms with van der Waals surface area (Å²) in [6.07, 6.45) is 2.61. The Morgan fingerprint density at radius 2 is 1.91 bits per heavy atom. The molecule has 0 fully saturated rings. The SMILES string of the molecule is Cc1ccc(-c2nn(C)c3nc(OCC(=O)NCCc4ccccc4C)cc(C)c23)nc1. The number of hydrogen-bond donors (Lipinski definition) is 1. The number of aryl methyl sites for hydroxylation is 4. The fraction of sp³-hybridized carbons (Fsp3) is 0.280. The van der Waals surface area contributed by atoms with Gasteiger partial charge in [-0.15, -0.1) is 0 Å². The number of hydrogen-bond acceptors (Lipinski definition) is 5. The minimum absolute atomic E-state index is 0.0874. The van der Waals surface area contributed by atoms with Crippen molar-refractivity contribution < 1.29 is 9.53 Å². The van der Waals surface area contributed by atoms with E-state index in [1.54, 1.807) is 4.68 Å². The zero-order valence-electron chi connectivity index (χ0n) is 18.8. The minimum atomic E-state index is -0.173. The Kier molecular flexibility index (Phi) is 6.16. The van der Waals surface area contributed by atoms with Crippen molar-refractivity contribution in [2.45, 2.75) is 27.2 Å². The Labute approximate surface area is 187 Å². The van der Waals surface area contributed by atoms with E-state index in [2.05, 4.69) is 39.4 Å². The van der Waals surface area contributed by atoms with Crippen LogP contribution in [0.2, 0.25) is 0 Å². The van der Waals surface area contributed by atoms with Crippen molar-refractivity contribution in [3.8, 4) is 17.3 Å². The Balaban J connectivity index is 1.42. The number of carbonyl (C=O) groups excluding carboxylic acids is 1. The molecule has 1 amide bonds. The molecular weight excluding hydrogens is 402 g/mol. The van der Waals surface area contributed by atoms with E-state index in [1.165, 1.54) is 11.1 Å². The molecule has 3 heterocycles. The summed E-state index contributed by atoms with van der Waals surface area (Å²) < 4.78 is 7.41. The molecule has 0 saturated carbocycles. The van der Waals surface area contributed by atoms with Gasteiger partial charge in [-0.2, -0.15) is 10.1 Å². The predicted molar refractivity (Wildman–Crippen MR) is 125 cm³/mol. The lowest BCUT2D eigenvalue weighted by Crippen LogP contribution is -2.30. The normalized spacial score (nSPS) is 11.0. The van der Waals surface area contributed by atoms with Crippen LogP contribution < -0.4 is 10.1 Å². The van der Waals surface area contributed by atoms with Crippen molar-refractivity contribution in [3.05, 3.63) is 70.9 Å². The van der Waals surface area contributed by atoms with Crippen LogP contribution in [0.15, 0.2) is 48.7 Å². The van der Waals surface area contributed by atoms with Crippen molar-refractivity contribution in [2.75, 3.05) is 13.2 Å². The molecule has 1 N–H and O–H groups in total. The highest BCUT2D eigenvalue weighted by Crippen LogP contribution is 2.30. The maximum absolute atomic E-state index is 12.2. The van der Waals surface area contributed by atoms with E-state index < -0.39 is 0 Å². The summed E-state index contributed by atoms with van der Waals surface area (Å²) in [5, 5.41) is 8.45. The summed E-state index contributed by atoms with van der Waals surface area (Å²) in [5.41, 5.74) is 6.79. The molecule has 32 heavy (non-hydrogen) atoms. The molecule has 0 radical (unpaired) electrons. The van der Waals surface area contributed by atoms with Gasteiger partial charge in [0.1, 0.15) is 5.69 Å². The largest absolute Gasteiger partial charge is 0.468 e. The van der Waals surface area contributed by atoms with Crippen LogP contribution in [0.25, 0.3) is 22.4 Å². The van der Waals surface area contributed by atoms with Gasteiger partial charge < -0.3 is 10.1 Å². The van der Waals surface area contributed by atoms with E-state index in [1.807, 2.05) is 57.4 Å². The number of benzene rings is 1. The van der Waals surface area contributed by atoms with E-state index in [9.17, 15) is 4.79 Å². The van der Waals surface area contributed by atoms with Gasteiger partial charge in [-0.3, -0.25) is 9.78 Å². The second-order valence-electron chi connectivity index (χ2n) is 7.98. The standard InChI is InChI=1S/C25H27N5O2/c1-16-9-10-20(27-14-16)24-23-18(3)13-22(28-25(23)30(4)29-24)32-15-21(31)26-12-11-19-8-6-5-7-17(19)2/h5-10,13-14H,11-12,15H2,1-4H3,(H,26,31). The van der Waals surface area contributed by atoms with Crippen LogP contribution in [-0.4, -0.2) is 38.8 Å². The number of nitrogens with one attached hydrogen (secondary N) is 1. The predicted octanol–water partition coefficient (Wildman–Crippen LogP) is 3.69. The monoisotopic (exact) mass is 429 g/mol. The molecule has 7 nitrogen and oxygen atoms in total. The molecule has 0 aliphatic heterocycles. The Hall–Kier alpha value is -3.74. The van der Waals surface area contributed by atoms with E-state index in [0.29, 0.717) is 18.1 Å². The summed E-state index contributed by atoms with van der Waals surface area (Å²) in [6, 6.07) is 14.0. The third-order valence-electron chi connectivity index (χ3n) is 5.45. The lowest BCUT2D eigenvalue weighted by atomic mass is 10.1. The Morgan fingerprint density at radius 3 is 2.66 bits per heavy atom. The molecule has 3 aromatic heterocycles. The third-order valence-corrected chi connectivity index (χ3v) is 5.45. The van der Waals surface area contributed by atoms with Gasteiger partial charge in [0.25, 0.3) is 5.91 Å². The lowest BCUT2D eigenvalue weighted by molar-refractivity contribution is -0.123. The quantitative estimate of drug-likeness (QED) is 0.485. The van der Waals surface area contributed by atoms with Crippen molar-refractivity contribution in [3.63, 3.8) is 0 Å². The van der Waals surface area contributed by atoms with Crippen LogP contribution in [-0.2, 0) is 18.3 Å². The fourth-order valence-electron chi connectivity index (χ4n) is 3.68. The summed E-state index contributed by atoms with van der Waals surface area (Å²) in [7, 11) is 1.84. The first kappa shape index (κ1) is 21.5. The molecule has 0 atom stereocenters. The van der Waals surface area contributed by atoms with Crippen molar-refractivity contribution in [2.24, 2.45) is 7.05 Å². The molecule has 4 rings (SSSR count). The Bertz CT molecular complexity index is 1260. The fourth-order valence-corrected chi connectivity index (χ4v) is 3.68. The van der Waals surface area contributed by atoms with Gasteiger partial charge in [-0.05, 0) is 55.5 Å². The number of ether oxygens (including phenoxy) is 1. The van der Waals surface area contributed by atoms with Gasteiger partial charge in [0, 0.05) is 25.9 Å². The highest BCUT2D eigenvalue weighted by atomic mass is 16.5. The van der Waals surface area contributed by atoms with Gasteiger partial charge in [0.2, 0.25) is 5.88 Å². The first-order valence-electron chi connectivity index (χ1n) is 10.6. The van der Waals surface area contributed by atoms with Gasteiger partial charge in [0.15, 0.2) is 12.3 Å². The first-order valence-corrected chi connectivity index (χ1v) is 10.6. The van der Waals surface area contributed by atoms with Crippen molar-refractivity contribution >= 4 is 16.9 Å². The maximum atomic E-state index is 12.2. The number of carbonyl (C=O) groups is 1. The van der Waals surface area contributed by atoms with Crippen LogP contribution in [0.1, 0.15) is 22.3 Å². The van der Waals surface area contributed by atoms with E-state index in [-0.39, 0.29) is 12.5 Å². The van der Waals surface area contributed by atoms with Crippen LogP contribution >= 0.6 is 0 Å². The highest BCUT2D eigenvalue weighted by molar-refractivity contribution is 5.93. The van der Waals surface area contributed by atoms with E-state index >= 15 is 0 Å². The molecular formula is C25H27N5O2. The first-order chi connectivity index (χ1) is 15.4. The zero-order valence-corrected chi connectivity index (χ0v) is 18.8. The molecule has 0 aliphatic rings. The average molecular weight is 430 g/mol. The molecule has 0 unspecified atom stereocenters. The van der Waals surface area contributed by atoms with Crippen molar-refractivity contribution in [1.82, 2.24) is 25.1 Å². The van der Waals surface area contributed by atoms with Crippen LogP contribution in [0, 0.1) is 20.8 Å². The summed E-state index contributed by atoms with van der Waals surface area (Å²) in [4.78, 5) is 21.3. The number of aromatic nitrogens is 4. The molecule has 0 saturated heterocycles. The van der Waals surface area contributed by atoms with Gasteiger partial charge >= 0.3 is 0 Å². The van der Waals surface area contributed by atoms with Crippen LogP contribution in [0.3, 0.4) is 0 Å². The number of rotatable bonds is 7. The molecule has 1 aromatic carbocycles. The summed E-state index contributed by atoms with van der Waals surface area (Å²) >= 11 is 0. The molecule has 164 valence electrons. The summed E-state index contributed by atoms with van der Waals surface area (Å²) in [6.45, 7) is 6.54. The second-order valence-corrected chi connectivity index (χ2v) is 7.98. The Morgan fingerprint density at radius 1 is 1.09 bits per heavy atom. The van der Waals surface area contributed by atoms with Gasteiger partial charge in [-0.25, -0.2) is 4.68 Å². The van der Waals surface area contributed by atoms with Crippen molar-refractivity contribution in [1.29, 1.82) is 0 Å². The molecule has 0 spiro atoms. The molecule has 0 bridgehead atoms. The van der Waals surface area contributed by atoms with E-state index in [4.69, 9.17) is 4.74 Å². The van der Waals surface area contributed by atoms with Crippen LogP contribution in [0.4, 0.5) is 0 Å². The minimum Gasteiger partial charge on any atom is -0.468 e. The molecule has 4 aromatic rings. The van der Waals surface area contributed by atoms with Gasteiger partial charge in [-0.1, -0.05) is 30.3 Å². The number of fused-ring (bicyclic) bond motifs is 1. The van der Waals surface area contributed by atoms with Gasteiger partial charge in [0.05, 0.1) is 11.1 Å².